The van der Waals surface area contributed by atoms with Crippen molar-refractivity contribution in [3.8, 4) is 0 Å². The Morgan fingerprint density at radius 1 is 1.18 bits per heavy atom. The second-order valence-electron chi connectivity index (χ2n) is 5.57. The molecule has 0 aliphatic heterocycles. The fourth-order valence-electron chi connectivity index (χ4n) is 2.81. The van der Waals surface area contributed by atoms with E-state index in [2.05, 4.69) is 6.92 Å². The van der Waals surface area contributed by atoms with E-state index in [0.29, 0.717) is 24.8 Å². The van der Waals surface area contributed by atoms with E-state index in [4.69, 9.17) is 5.11 Å². The Bertz CT molecular complexity index is 325. The minimum Gasteiger partial charge on any atom is -0.481 e. The van der Waals surface area contributed by atoms with Crippen molar-refractivity contribution in [2.45, 2.75) is 45.1 Å². The predicted molar refractivity (Wildman–Crippen MR) is 63.4 cm³/mol. The zero-order chi connectivity index (χ0) is 12.6. The van der Waals surface area contributed by atoms with Crippen LogP contribution in [-0.2, 0) is 9.59 Å². The molecule has 4 heteroatoms. The third-order valence-electron chi connectivity index (χ3n) is 4.39. The van der Waals surface area contributed by atoms with Crippen LogP contribution >= 0.6 is 0 Å². The first kappa shape index (κ1) is 12.4. The van der Waals surface area contributed by atoms with Crippen molar-refractivity contribution in [1.29, 1.82) is 0 Å². The monoisotopic (exact) mass is 239 g/mol. The lowest BCUT2D eigenvalue weighted by molar-refractivity contribution is -0.141. The van der Waals surface area contributed by atoms with Gasteiger partial charge in [-0.15, -0.1) is 0 Å². The first-order valence-electron chi connectivity index (χ1n) is 6.50. The molecule has 0 saturated heterocycles. The van der Waals surface area contributed by atoms with Gasteiger partial charge in [0.25, 0.3) is 0 Å². The van der Waals surface area contributed by atoms with Gasteiger partial charge in [0.05, 0.1) is 5.92 Å². The lowest BCUT2D eigenvalue weighted by Crippen LogP contribution is -2.39. The van der Waals surface area contributed by atoms with Gasteiger partial charge in [-0.2, -0.15) is 0 Å². The summed E-state index contributed by atoms with van der Waals surface area (Å²) in [5.41, 5.74) is 0. The van der Waals surface area contributed by atoms with E-state index in [1.807, 2.05) is 11.9 Å². The number of nitrogens with zero attached hydrogens (tertiary/aromatic N) is 1. The van der Waals surface area contributed by atoms with Gasteiger partial charge in [0.1, 0.15) is 0 Å². The molecule has 1 unspecified atom stereocenters. The highest BCUT2D eigenvalue weighted by Crippen LogP contribution is 2.37. The lowest BCUT2D eigenvalue weighted by Gasteiger charge is -2.27. The number of aliphatic carboxylic acids is 1. The van der Waals surface area contributed by atoms with Gasteiger partial charge < -0.3 is 10.0 Å². The Morgan fingerprint density at radius 2 is 1.76 bits per heavy atom. The summed E-state index contributed by atoms with van der Waals surface area (Å²) in [7, 11) is 1.86. The molecule has 96 valence electrons. The molecule has 2 rings (SSSR count). The molecule has 17 heavy (non-hydrogen) atoms. The van der Waals surface area contributed by atoms with Gasteiger partial charge in [-0.25, -0.2) is 0 Å². The SMILES string of the molecule is CC(C1CC1)N(C)C(=O)[C@@H]1CC[C@H](C(=O)O)C1. The van der Waals surface area contributed by atoms with Crippen LogP contribution in [0.3, 0.4) is 0 Å². The summed E-state index contributed by atoms with van der Waals surface area (Å²) in [4.78, 5) is 24.9. The lowest BCUT2D eigenvalue weighted by atomic mass is 10.0. The van der Waals surface area contributed by atoms with E-state index >= 15 is 0 Å². The topological polar surface area (TPSA) is 57.6 Å². The summed E-state index contributed by atoms with van der Waals surface area (Å²) in [5.74, 6) is -0.317. The zero-order valence-electron chi connectivity index (χ0n) is 10.6. The molecule has 1 N–H and O–H groups in total. The number of rotatable bonds is 4. The van der Waals surface area contributed by atoms with E-state index in [9.17, 15) is 9.59 Å². The number of carbonyl (C=O) groups is 2. The molecular weight excluding hydrogens is 218 g/mol. The van der Waals surface area contributed by atoms with Gasteiger partial charge in [-0.3, -0.25) is 9.59 Å². The minimum absolute atomic E-state index is 0.0673. The Kier molecular flexibility index (Phi) is 3.40. The molecule has 0 spiro atoms. The minimum atomic E-state index is -0.752. The third-order valence-corrected chi connectivity index (χ3v) is 4.39. The van der Waals surface area contributed by atoms with Gasteiger partial charge in [-0.1, -0.05) is 0 Å². The standard InChI is InChI=1S/C13H21NO3/c1-8(9-3-4-9)14(2)12(15)10-5-6-11(7-10)13(16)17/h8-11H,3-7H2,1-2H3,(H,16,17)/t8?,10-,11+/m1/s1. The van der Waals surface area contributed by atoms with Crippen molar-refractivity contribution in [3.63, 3.8) is 0 Å². The Labute approximate surface area is 102 Å². The molecule has 0 heterocycles. The van der Waals surface area contributed by atoms with Gasteiger partial charge in [0, 0.05) is 19.0 Å². The van der Waals surface area contributed by atoms with Crippen LogP contribution in [-0.4, -0.2) is 35.0 Å². The first-order valence-corrected chi connectivity index (χ1v) is 6.50. The predicted octanol–water partition coefficient (Wildman–Crippen LogP) is 1.74. The highest BCUT2D eigenvalue weighted by Gasteiger charge is 2.38. The van der Waals surface area contributed by atoms with Gasteiger partial charge in [0.2, 0.25) is 5.91 Å². The van der Waals surface area contributed by atoms with Crippen molar-refractivity contribution < 1.29 is 14.7 Å². The molecule has 2 aliphatic rings. The summed E-state index contributed by atoms with van der Waals surface area (Å²) >= 11 is 0. The van der Waals surface area contributed by atoms with Crippen LogP contribution < -0.4 is 0 Å². The molecule has 0 bridgehead atoms. The van der Waals surface area contributed by atoms with Crippen molar-refractivity contribution in [1.82, 2.24) is 4.90 Å². The van der Waals surface area contributed by atoms with E-state index in [0.717, 1.165) is 6.42 Å². The largest absolute Gasteiger partial charge is 0.481 e. The maximum absolute atomic E-state index is 12.2. The Balaban J connectivity index is 1.89. The smallest absolute Gasteiger partial charge is 0.306 e. The van der Waals surface area contributed by atoms with Crippen molar-refractivity contribution in [2.75, 3.05) is 7.05 Å². The van der Waals surface area contributed by atoms with Crippen molar-refractivity contribution in [3.05, 3.63) is 0 Å². The molecule has 3 atom stereocenters. The fourth-order valence-corrected chi connectivity index (χ4v) is 2.81. The van der Waals surface area contributed by atoms with E-state index in [1.54, 1.807) is 0 Å². The maximum Gasteiger partial charge on any atom is 0.306 e. The average molecular weight is 239 g/mol. The summed E-state index contributed by atoms with van der Waals surface area (Å²) in [6.07, 6.45) is 4.35. The van der Waals surface area contributed by atoms with Crippen LogP contribution in [0.1, 0.15) is 39.0 Å². The number of hydrogen-bond donors (Lipinski definition) is 1. The zero-order valence-corrected chi connectivity index (χ0v) is 10.6. The molecule has 0 radical (unpaired) electrons. The van der Waals surface area contributed by atoms with Gasteiger partial charge >= 0.3 is 5.97 Å². The molecule has 0 aromatic rings. The quantitative estimate of drug-likeness (QED) is 0.813. The summed E-state index contributed by atoms with van der Waals surface area (Å²) in [6, 6.07) is 0.311. The van der Waals surface area contributed by atoms with Crippen LogP contribution in [0.25, 0.3) is 0 Å². The average Bonchev–Trinajstić information content (AvgIpc) is 3.03. The molecule has 2 saturated carbocycles. The van der Waals surface area contributed by atoms with Crippen LogP contribution in [0.15, 0.2) is 0 Å². The van der Waals surface area contributed by atoms with E-state index in [1.165, 1.54) is 12.8 Å². The van der Waals surface area contributed by atoms with Crippen molar-refractivity contribution >= 4 is 11.9 Å². The highest BCUT2D eigenvalue weighted by molar-refractivity contribution is 5.81. The number of carbonyl (C=O) groups excluding carboxylic acids is 1. The summed E-state index contributed by atoms with van der Waals surface area (Å²) in [6.45, 7) is 2.10. The molecule has 2 aliphatic carbocycles. The van der Waals surface area contributed by atoms with Crippen LogP contribution in [0.4, 0.5) is 0 Å². The molecular formula is C13H21NO3. The number of amides is 1. The van der Waals surface area contributed by atoms with E-state index < -0.39 is 5.97 Å². The highest BCUT2D eigenvalue weighted by atomic mass is 16.4. The molecule has 0 aromatic carbocycles. The van der Waals surface area contributed by atoms with E-state index in [-0.39, 0.29) is 17.7 Å². The van der Waals surface area contributed by atoms with Crippen LogP contribution in [0.2, 0.25) is 0 Å². The maximum atomic E-state index is 12.2. The number of hydrogen-bond acceptors (Lipinski definition) is 2. The molecule has 2 fully saturated rings. The second kappa shape index (κ2) is 4.67. The Hall–Kier alpha value is -1.06. The summed E-state index contributed by atoms with van der Waals surface area (Å²) < 4.78 is 0. The Morgan fingerprint density at radius 3 is 2.24 bits per heavy atom. The summed E-state index contributed by atoms with van der Waals surface area (Å²) in [5, 5.41) is 8.93. The van der Waals surface area contributed by atoms with Crippen LogP contribution in [0, 0.1) is 17.8 Å². The number of carboxylic acid groups (broad SMARTS) is 1. The third kappa shape index (κ3) is 2.61. The first-order chi connectivity index (χ1) is 8.00. The van der Waals surface area contributed by atoms with Crippen molar-refractivity contribution in [2.24, 2.45) is 17.8 Å². The van der Waals surface area contributed by atoms with Crippen LogP contribution in [0.5, 0.6) is 0 Å². The van der Waals surface area contributed by atoms with Gasteiger partial charge in [-0.05, 0) is 44.9 Å². The number of carboxylic acids is 1. The normalized spacial score (nSPS) is 30.0. The molecule has 0 aromatic heterocycles. The molecule has 1 amide bonds. The fraction of sp³-hybridized carbons (Fsp3) is 0.846. The molecule has 4 nitrogen and oxygen atoms in total. The second-order valence-corrected chi connectivity index (χ2v) is 5.57. The van der Waals surface area contributed by atoms with Gasteiger partial charge in [0.15, 0.2) is 0 Å².